The van der Waals surface area contributed by atoms with Gasteiger partial charge in [-0.05, 0) is 66.8 Å². The zero-order valence-electron chi connectivity index (χ0n) is 21.8. The summed E-state index contributed by atoms with van der Waals surface area (Å²) >= 11 is 11.6. The smallest absolute Gasteiger partial charge is 0.417 e. The van der Waals surface area contributed by atoms with E-state index in [1.165, 1.54) is 15.5 Å². The number of anilines is 1. The number of hydrogen-bond acceptors (Lipinski definition) is 5. The molecular formula is C31H18ClF3N4O3S. The highest BCUT2D eigenvalue weighted by molar-refractivity contribution is 7.80. The second-order valence-electron chi connectivity index (χ2n) is 9.37. The predicted octanol–water partition coefficient (Wildman–Crippen LogP) is 7.32. The summed E-state index contributed by atoms with van der Waals surface area (Å²) in [7, 11) is 0. The highest BCUT2D eigenvalue weighted by Gasteiger charge is 2.35. The van der Waals surface area contributed by atoms with Gasteiger partial charge in [-0.3, -0.25) is 24.4 Å². The summed E-state index contributed by atoms with van der Waals surface area (Å²) in [6.07, 6.45) is -0.968. The number of carbonyl (C=O) groups excluding carboxylic acids is 2. The normalized spacial score (nSPS) is 14.8. The lowest BCUT2D eigenvalue weighted by atomic mass is 10.1. The van der Waals surface area contributed by atoms with Crippen molar-refractivity contribution in [3.8, 4) is 17.3 Å². The largest absolute Gasteiger partial charge is 0.457 e. The first-order valence-corrected chi connectivity index (χ1v) is 13.5. The van der Waals surface area contributed by atoms with E-state index in [0.717, 1.165) is 6.07 Å². The van der Waals surface area contributed by atoms with Crippen molar-refractivity contribution < 1.29 is 27.5 Å². The Balaban J connectivity index is 1.36. The number of ether oxygens (including phenoxy) is 1. The second kappa shape index (κ2) is 11.0. The zero-order chi connectivity index (χ0) is 30.3. The van der Waals surface area contributed by atoms with Gasteiger partial charge in [-0.25, -0.2) is 4.98 Å². The van der Waals surface area contributed by atoms with Crippen LogP contribution in [0.3, 0.4) is 0 Å². The summed E-state index contributed by atoms with van der Waals surface area (Å²) in [5.41, 5.74) is 0.206. The maximum atomic E-state index is 13.7. The molecule has 6 rings (SSSR count). The number of para-hydroxylation sites is 2. The number of hydrogen-bond donors (Lipinski definition) is 1. The number of amides is 2. The van der Waals surface area contributed by atoms with Crippen molar-refractivity contribution in [2.45, 2.75) is 6.18 Å². The Kier molecular flexibility index (Phi) is 7.20. The molecule has 214 valence electrons. The summed E-state index contributed by atoms with van der Waals surface area (Å²) in [4.78, 5) is 31.8. The number of fused-ring (bicyclic) bond motifs is 1. The first kappa shape index (κ1) is 28.1. The molecule has 12 heteroatoms. The van der Waals surface area contributed by atoms with Crippen LogP contribution in [0.5, 0.6) is 11.5 Å². The molecule has 43 heavy (non-hydrogen) atoms. The van der Waals surface area contributed by atoms with Gasteiger partial charge in [-0.1, -0.05) is 48.0 Å². The second-order valence-corrected chi connectivity index (χ2v) is 10.2. The zero-order valence-corrected chi connectivity index (χ0v) is 23.4. The number of halogens is 4. The fraction of sp³-hybridized carbons (Fsp3) is 0.0323. The lowest BCUT2D eigenvalue weighted by Gasteiger charge is -2.29. The molecule has 1 saturated heterocycles. The Hall–Kier alpha value is -5.00. The Morgan fingerprint density at radius 2 is 1.60 bits per heavy atom. The van der Waals surface area contributed by atoms with E-state index in [4.69, 9.17) is 28.6 Å². The minimum atomic E-state index is -4.61. The number of rotatable bonds is 5. The number of benzene rings is 3. The summed E-state index contributed by atoms with van der Waals surface area (Å²) in [5, 5.41) is 2.84. The van der Waals surface area contributed by atoms with Gasteiger partial charge < -0.3 is 4.74 Å². The highest BCUT2D eigenvalue weighted by Crippen LogP contribution is 2.34. The maximum absolute atomic E-state index is 13.7. The van der Waals surface area contributed by atoms with Crippen LogP contribution in [0.1, 0.15) is 11.1 Å². The van der Waals surface area contributed by atoms with E-state index in [1.807, 2.05) is 30.3 Å². The fourth-order valence-corrected chi connectivity index (χ4v) is 5.13. The standard InChI is InChI=1S/C31H18ClF3N4O3S/c32-25-15-19(31(33,34)35)16-36-27(25)38-17-18(23-8-4-5-9-26(23)38)14-24-28(40)37-30(43)39(29(24)41)20-10-12-22(13-11-20)42-21-6-2-1-3-7-21/h1-17H,(H,37,40,43)/b24-14+. The molecule has 0 atom stereocenters. The molecule has 3 aromatic carbocycles. The molecule has 3 heterocycles. The van der Waals surface area contributed by atoms with Gasteiger partial charge in [0.1, 0.15) is 17.1 Å². The maximum Gasteiger partial charge on any atom is 0.417 e. The van der Waals surface area contributed by atoms with Gasteiger partial charge in [0, 0.05) is 23.3 Å². The van der Waals surface area contributed by atoms with Crippen LogP contribution in [0.2, 0.25) is 5.02 Å². The number of aromatic nitrogens is 2. The number of thiocarbonyl (C=S) groups is 1. The van der Waals surface area contributed by atoms with Crippen molar-refractivity contribution in [2.75, 3.05) is 4.90 Å². The van der Waals surface area contributed by atoms with E-state index in [-0.39, 0.29) is 21.5 Å². The van der Waals surface area contributed by atoms with Crippen molar-refractivity contribution in [3.63, 3.8) is 0 Å². The van der Waals surface area contributed by atoms with Crippen LogP contribution in [-0.4, -0.2) is 26.5 Å². The van der Waals surface area contributed by atoms with Crippen molar-refractivity contribution in [2.24, 2.45) is 0 Å². The molecule has 0 unspecified atom stereocenters. The summed E-state index contributed by atoms with van der Waals surface area (Å²) in [5.74, 6) is -0.126. The van der Waals surface area contributed by atoms with Crippen LogP contribution in [-0.2, 0) is 15.8 Å². The Bertz CT molecular complexity index is 1940. The molecule has 2 amide bonds. The molecule has 7 nitrogen and oxygen atoms in total. The number of carbonyl (C=O) groups is 2. The van der Waals surface area contributed by atoms with Crippen LogP contribution in [0.4, 0.5) is 18.9 Å². The lowest BCUT2D eigenvalue weighted by molar-refractivity contribution is -0.137. The minimum Gasteiger partial charge on any atom is -0.457 e. The summed E-state index contributed by atoms with van der Waals surface area (Å²) < 4.78 is 46.9. The molecule has 2 aromatic heterocycles. The monoisotopic (exact) mass is 618 g/mol. The molecule has 1 N–H and O–H groups in total. The average Bonchev–Trinajstić information content (AvgIpc) is 3.34. The highest BCUT2D eigenvalue weighted by atomic mass is 35.5. The Morgan fingerprint density at radius 1 is 0.930 bits per heavy atom. The third kappa shape index (κ3) is 5.47. The van der Waals surface area contributed by atoms with E-state index in [9.17, 15) is 22.8 Å². The van der Waals surface area contributed by atoms with E-state index < -0.39 is 23.6 Å². The molecule has 1 fully saturated rings. The van der Waals surface area contributed by atoms with E-state index in [2.05, 4.69) is 10.3 Å². The molecule has 0 saturated carbocycles. The fourth-order valence-electron chi connectivity index (χ4n) is 4.59. The van der Waals surface area contributed by atoms with Crippen LogP contribution in [0.25, 0.3) is 22.8 Å². The molecular weight excluding hydrogens is 601 g/mol. The number of alkyl halides is 3. The van der Waals surface area contributed by atoms with Crippen molar-refractivity contribution >= 4 is 63.4 Å². The molecule has 0 spiro atoms. The summed E-state index contributed by atoms with van der Waals surface area (Å²) in [6, 6.07) is 23.5. The first-order chi connectivity index (χ1) is 20.6. The molecule has 0 aliphatic carbocycles. The van der Waals surface area contributed by atoms with E-state index >= 15 is 0 Å². The lowest BCUT2D eigenvalue weighted by Crippen LogP contribution is -2.54. The topological polar surface area (TPSA) is 76.5 Å². The van der Waals surface area contributed by atoms with Gasteiger partial charge in [0.15, 0.2) is 10.9 Å². The van der Waals surface area contributed by atoms with Crippen molar-refractivity contribution in [1.29, 1.82) is 0 Å². The third-order valence-corrected chi connectivity index (χ3v) is 7.16. The van der Waals surface area contributed by atoms with E-state index in [1.54, 1.807) is 54.7 Å². The number of nitrogens with zero attached hydrogens (tertiary/aromatic N) is 3. The van der Waals surface area contributed by atoms with E-state index in [0.29, 0.717) is 39.8 Å². The van der Waals surface area contributed by atoms with Crippen LogP contribution < -0.4 is 15.0 Å². The third-order valence-electron chi connectivity index (χ3n) is 6.60. The number of pyridine rings is 1. The van der Waals surface area contributed by atoms with Crippen LogP contribution in [0.15, 0.2) is 103 Å². The molecule has 0 radical (unpaired) electrons. The van der Waals surface area contributed by atoms with Gasteiger partial charge in [0.2, 0.25) is 0 Å². The van der Waals surface area contributed by atoms with Gasteiger partial charge in [-0.2, -0.15) is 13.2 Å². The van der Waals surface area contributed by atoms with Gasteiger partial charge in [-0.15, -0.1) is 0 Å². The SMILES string of the molecule is O=C1NC(=S)N(c2ccc(Oc3ccccc3)cc2)C(=O)/C1=C/c1cn(-c2ncc(C(F)(F)F)cc2Cl)c2ccccc12. The van der Waals surface area contributed by atoms with Crippen molar-refractivity contribution in [3.05, 3.63) is 119 Å². The van der Waals surface area contributed by atoms with Gasteiger partial charge in [0.05, 0.1) is 21.8 Å². The molecule has 5 aromatic rings. The van der Waals surface area contributed by atoms with Crippen LogP contribution >= 0.6 is 23.8 Å². The minimum absolute atomic E-state index is 0.0514. The molecule has 0 bridgehead atoms. The Morgan fingerprint density at radius 3 is 2.30 bits per heavy atom. The first-order valence-electron chi connectivity index (χ1n) is 12.7. The van der Waals surface area contributed by atoms with Crippen molar-refractivity contribution in [1.82, 2.24) is 14.9 Å². The van der Waals surface area contributed by atoms with Gasteiger partial charge in [0.25, 0.3) is 11.8 Å². The van der Waals surface area contributed by atoms with Gasteiger partial charge >= 0.3 is 6.18 Å². The summed E-state index contributed by atoms with van der Waals surface area (Å²) in [6.45, 7) is 0. The average molecular weight is 619 g/mol. The quantitative estimate of drug-likeness (QED) is 0.127. The molecule has 1 aliphatic heterocycles. The number of nitrogens with one attached hydrogen (secondary N) is 1. The molecule has 1 aliphatic rings. The van der Waals surface area contributed by atoms with Crippen LogP contribution in [0, 0.1) is 0 Å². The predicted molar refractivity (Wildman–Crippen MR) is 160 cm³/mol. The Labute approximate surface area is 252 Å².